The smallest absolute Gasteiger partial charge is 0.253 e. The van der Waals surface area contributed by atoms with Crippen molar-refractivity contribution in [3.05, 3.63) is 28.2 Å². The Morgan fingerprint density at radius 3 is 2.89 bits per heavy atom. The summed E-state index contributed by atoms with van der Waals surface area (Å²) in [5.74, 6) is -0.0774. The van der Waals surface area contributed by atoms with E-state index >= 15 is 0 Å². The Balaban J connectivity index is 2.03. The van der Waals surface area contributed by atoms with E-state index in [0.717, 1.165) is 4.47 Å². The van der Waals surface area contributed by atoms with Crippen LogP contribution in [0.25, 0.3) is 0 Å². The lowest BCUT2D eigenvalue weighted by atomic mass is 10.0. The second-order valence-corrected chi connectivity index (χ2v) is 5.63. The molecule has 0 aromatic heterocycles. The Morgan fingerprint density at radius 2 is 2.26 bits per heavy atom. The average Bonchev–Trinajstić information content (AvgIpc) is 2.33. The molecule has 0 radical (unpaired) electrons. The van der Waals surface area contributed by atoms with Gasteiger partial charge in [-0.2, -0.15) is 0 Å². The molecule has 102 valence electrons. The molecule has 2 rings (SSSR count). The van der Waals surface area contributed by atoms with Gasteiger partial charge in [0.15, 0.2) is 0 Å². The van der Waals surface area contributed by atoms with E-state index in [0.29, 0.717) is 30.6 Å². The van der Waals surface area contributed by atoms with Crippen LogP contribution in [0.1, 0.15) is 23.2 Å². The van der Waals surface area contributed by atoms with Crippen molar-refractivity contribution in [3.63, 3.8) is 0 Å². The van der Waals surface area contributed by atoms with Gasteiger partial charge in [-0.15, -0.1) is 0 Å². The largest absolute Gasteiger partial charge is 0.398 e. The van der Waals surface area contributed by atoms with Crippen molar-refractivity contribution < 1.29 is 9.59 Å². The molecule has 0 aliphatic carbocycles. The Bertz CT molecular complexity index is 519. The molecule has 1 aliphatic rings. The number of hydrogen-bond donors (Lipinski definition) is 2. The van der Waals surface area contributed by atoms with Crippen LogP contribution in [0.3, 0.4) is 0 Å². The number of nitrogen functional groups attached to an aromatic ring is 1. The van der Waals surface area contributed by atoms with Crippen molar-refractivity contribution >= 4 is 33.4 Å². The predicted molar refractivity (Wildman–Crippen MR) is 76.7 cm³/mol. The third-order valence-corrected chi connectivity index (χ3v) is 3.71. The summed E-state index contributed by atoms with van der Waals surface area (Å²) >= 11 is 3.30. The van der Waals surface area contributed by atoms with Crippen LogP contribution in [0.4, 0.5) is 5.69 Å². The minimum absolute atomic E-state index is 0.0155. The van der Waals surface area contributed by atoms with Gasteiger partial charge in [0.2, 0.25) is 5.91 Å². The van der Waals surface area contributed by atoms with Gasteiger partial charge in [-0.25, -0.2) is 0 Å². The number of likely N-dealkylation sites (tertiary alicyclic amines) is 1. The zero-order valence-electron chi connectivity index (χ0n) is 10.6. The Hall–Kier alpha value is -1.56. The number of halogens is 1. The number of nitrogens with two attached hydrogens (primary N) is 1. The molecule has 2 amide bonds. The second-order valence-electron chi connectivity index (χ2n) is 4.71. The maximum absolute atomic E-state index is 12.1. The number of amides is 2. The van der Waals surface area contributed by atoms with E-state index in [1.54, 1.807) is 30.1 Å². The SMILES string of the molecule is CN1CC(NC(=O)c2ccc(Br)cc2N)CCC1=O. The van der Waals surface area contributed by atoms with Crippen LogP contribution in [-0.4, -0.2) is 36.3 Å². The van der Waals surface area contributed by atoms with Gasteiger partial charge in [0.25, 0.3) is 5.91 Å². The molecule has 3 N–H and O–H groups in total. The molecule has 1 unspecified atom stereocenters. The molecule has 0 spiro atoms. The highest BCUT2D eigenvalue weighted by Gasteiger charge is 2.24. The Labute approximate surface area is 120 Å². The predicted octanol–water partition coefficient (Wildman–Crippen LogP) is 1.38. The molecule has 1 heterocycles. The van der Waals surface area contributed by atoms with Gasteiger partial charge in [-0.1, -0.05) is 15.9 Å². The first-order valence-electron chi connectivity index (χ1n) is 6.07. The van der Waals surface area contributed by atoms with Gasteiger partial charge in [0, 0.05) is 36.2 Å². The van der Waals surface area contributed by atoms with E-state index < -0.39 is 0 Å². The van der Waals surface area contributed by atoms with Crippen molar-refractivity contribution in [1.29, 1.82) is 0 Å². The molecule has 0 bridgehead atoms. The number of carbonyl (C=O) groups is 2. The number of rotatable bonds is 2. The molecular weight excluding hydrogens is 310 g/mol. The number of hydrogen-bond acceptors (Lipinski definition) is 3. The van der Waals surface area contributed by atoms with Gasteiger partial charge in [-0.05, 0) is 24.6 Å². The lowest BCUT2D eigenvalue weighted by molar-refractivity contribution is -0.132. The number of likely N-dealkylation sites (N-methyl/N-ethyl adjacent to an activating group) is 1. The minimum Gasteiger partial charge on any atom is -0.398 e. The molecule has 1 saturated heterocycles. The van der Waals surface area contributed by atoms with Crippen LogP contribution < -0.4 is 11.1 Å². The van der Waals surface area contributed by atoms with Crippen LogP contribution in [0.2, 0.25) is 0 Å². The first-order valence-corrected chi connectivity index (χ1v) is 6.86. The maximum Gasteiger partial charge on any atom is 0.253 e. The summed E-state index contributed by atoms with van der Waals surface area (Å²) in [7, 11) is 1.74. The molecule has 5 nitrogen and oxygen atoms in total. The van der Waals surface area contributed by atoms with Gasteiger partial charge in [0.1, 0.15) is 0 Å². The van der Waals surface area contributed by atoms with Crippen molar-refractivity contribution in [3.8, 4) is 0 Å². The molecule has 1 fully saturated rings. The van der Waals surface area contributed by atoms with Gasteiger partial charge >= 0.3 is 0 Å². The zero-order chi connectivity index (χ0) is 14.0. The van der Waals surface area contributed by atoms with Crippen LogP contribution in [0.15, 0.2) is 22.7 Å². The number of piperidine rings is 1. The van der Waals surface area contributed by atoms with E-state index in [2.05, 4.69) is 21.2 Å². The molecule has 6 heteroatoms. The first-order chi connectivity index (χ1) is 8.97. The summed E-state index contributed by atoms with van der Waals surface area (Å²) in [6.07, 6.45) is 1.14. The lowest BCUT2D eigenvalue weighted by Crippen LogP contribution is -2.48. The van der Waals surface area contributed by atoms with Crippen molar-refractivity contribution in [2.75, 3.05) is 19.3 Å². The van der Waals surface area contributed by atoms with E-state index in [4.69, 9.17) is 5.73 Å². The summed E-state index contributed by atoms with van der Waals surface area (Å²) in [6.45, 7) is 0.543. The second kappa shape index (κ2) is 5.61. The van der Waals surface area contributed by atoms with Crippen molar-refractivity contribution in [2.45, 2.75) is 18.9 Å². The van der Waals surface area contributed by atoms with Crippen LogP contribution >= 0.6 is 15.9 Å². The minimum atomic E-state index is -0.197. The fourth-order valence-electron chi connectivity index (χ4n) is 2.13. The number of nitrogens with one attached hydrogen (secondary N) is 1. The molecule has 1 aliphatic heterocycles. The summed E-state index contributed by atoms with van der Waals surface area (Å²) in [6, 6.07) is 5.15. The standard InChI is InChI=1S/C13H16BrN3O2/c1-17-7-9(3-5-12(17)18)16-13(19)10-4-2-8(14)6-11(10)15/h2,4,6,9H,3,5,7,15H2,1H3,(H,16,19). The van der Waals surface area contributed by atoms with Crippen LogP contribution in [-0.2, 0) is 4.79 Å². The highest BCUT2D eigenvalue weighted by Crippen LogP contribution is 2.19. The van der Waals surface area contributed by atoms with E-state index in [-0.39, 0.29) is 17.9 Å². The molecule has 1 aromatic carbocycles. The third kappa shape index (κ3) is 3.26. The summed E-state index contributed by atoms with van der Waals surface area (Å²) < 4.78 is 0.838. The summed E-state index contributed by atoms with van der Waals surface area (Å²) in [5, 5.41) is 2.92. The lowest BCUT2D eigenvalue weighted by Gasteiger charge is -2.30. The van der Waals surface area contributed by atoms with Gasteiger partial charge in [0.05, 0.1) is 5.56 Å². The van der Waals surface area contributed by atoms with E-state index in [1.807, 2.05) is 0 Å². The highest BCUT2D eigenvalue weighted by atomic mass is 79.9. The normalized spacial score (nSPS) is 19.4. The van der Waals surface area contributed by atoms with Crippen LogP contribution in [0.5, 0.6) is 0 Å². The molecule has 0 saturated carbocycles. The number of carbonyl (C=O) groups excluding carboxylic acids is 2. The summed E-state index contributed by atoms with van der Waals surface area (Å²) in [4.78, 5) is 25.1. The number of anilines is 1. The highest BCUT2D eigenvalue weighted by molar-refractivity contribution is 9.10. The van der Waals surface area contributed by atoms with E-state index in [9.17, 15) is 9.59 Å². The van der Waals surface area contributed by atoms with Crippen LogP contribution in [0, 0.1) is 0 Å². The van der Waals surface area contributed by atoms with Gasteiger partial charge in [-0.3, -0.25) is 9.59 Å². The number of benzene rings is 1. The maximum atomic E-state index is 12.1. The quantitative estimate of drug-likeness (QED) is 0.807. The molecule has 1 atom stereocenters. The fraction of sp³-hybridized carbons (Fsp3) is 0.385. The van der Waals surface area contributed by atoms with Crippen molar-refractivity contribution in [2.24, 2.45) is 0 Å². The fourth-order valence-corrected chi connectivity index (χ4v) is 2.51. The van der Waals surface area contributed by atoms with Crippen molar-refractivity contribution in [1.82, 2.24) is 10.2 Å². The Morgan fingerprint density at radius 1 is 1.53 bits per heavy atom. The Kier molecular flexibility index (Phi) is 4.09. The third-order valence-electron chi connectivity index (χ3n) is 3.22. The summed E-state index contributed by atoms with van der Waals surface area (Å²) in [5.41, 5.74) is 6.72. The number of nitrogens with zero attached hydrogens (tertiary/aromatic N) is 1. The molecular formula is C13H16BrN3O2. The molecule has 1 aromatic rings. The van der Waals surface area contributed by atoms with Gasteiger partial charge < -0.3 is 16.0 Å². The first kappa shape index (κ1) is 13.9. The zero-order valence-corrected chi connectivity index (χ0v) is 12.2. The topological polar surface area (TPSA) is 75.4 Å². The van der Waals surface area contributed by atoms with E-state index in [1.165, 1.54) is 0 Å². The molecule has 19 heavy (non-hydrogen) atoms. The average molecular weight is 326 g/mol. The monoisotopic (exact) mass is 325 g/mol.